The van der Waals surface area contributed by atoms with Gasteiger partial charge in [0.2, 0.25) is 12.2 Å². The first-order valence-corrected chi connectivity index (χ1v) is 12.2. The summed E-state index contributed by atoms with van der Waals surface area (Å²) in [4.78, 5) is 25.3. The maximum atomic E-state index is 13.5. The second-order valence-electron chi connectivity index (χ2n) is 8.55. The molecule has 1 heterocycles. The number of carbonyl (C=O) groups excluding carboxylic acids is 2. The Morgan fingerprint density at radius 3 is 2.49 bits per heavy atom. The zero-order valence-corrected chi connectivity index (χ0v) is 21.6. The molecule has 10 nitrogen and oxygen atoms in total. The molecule has 0 aliphatic carbocycles. The average molecular weight is 575 g/mol. The number of benzene rings is 3. The Morgan fingerprint density at radius 2 is 1.78 bits per heavy atom. The van der Waals surface area contributed by atoms with Crippen LogP contribution < -0.4 is 20.1 Å². The molecular formula is C26H27BrN2O8. The largest absolute Gasteiger partial charge is 0.495 e. The van der Waals surface area contributed by atoms with Crippen molar-refractivity contribution in [1.29, 1.82) is 0 Å². The summed E-state index contributed by atoms with van der Waals surface area (Å²) in [5.74, 6) is -0.435. The van der Waals surface area contributed by atoms with E-state index in [0.29, 0.717) is 11.4 Å². The SMILES string of the molecule is COc1ccccc1NC(=O)c1cc2cc(Br)ccc2cc1O[C@@H]1O[C@H](CO)[C@@H](O)[C@H](O)[C@H]1NC(C)=O. The molecule has 0 radical (unpaired) electrons. The van der Waals surface area contributed by atoms with Gasteiger partial charge in [0.15, 0.2) is 0 Å². The molecule has 5 N–H and O–H groups in total. The van der Waals surface area contributed by atoms with Crippen LogP contribution in [0, 0.1) is 0 Å². The van der Waals surface area contributed by atoms with E-state index in [9.17, 15) is 24.9 Å². The molecule has 196 valence electrons. The highest BCUT2D eigenvalue weighted by molar-refractivity contribution is 9.10. The number of carbonyl (C=O) groups is 2. The van der Waals surface area contributed by atoms with Crippen LogP contribution >= 0.6 is 15.9 Å². The van der Waals surface area contributed by atoms with E-state index in [4.69, 9.17) is 14.2 Å². The van der Waals surface area contributed by atoms with E-state index in [-0.39, 0.29) is 11.3 Å². The maximum absolute atomic E-state index is 13.5. The van der Waals surface area contributed by atoms with Gasteiger partial charge in [0.05, 0.1) is 25.0 Å². The van der Waals surface area contributed by atoms with Gasteiger partial charge in [-0.25, -0.2) is 0 Å². The number of nitrogens with one attached hydrogen (secondary N) is 2. The van der Waals surface area contributed by atoms with E-state index >= 15 is 0 Å². The summed E-state index contributed by atoms with van der Waals surface area (Å²) in [5, 5.41) is 37.4. The van der Waals surface area contributed by atoms with Gasteiger partial charge in [-0.1, -0.05) is 34.1 Å². The molecule has 0 bridgehead atoms. The van der Waals surface area contributed by atoms with Gasteiger partial charge < -0.3 is 40.2 Å². The van der Waals surface area contributed by atoms with Crippen molar-refractivity contribution in [2.24, 2.45) is 0 Å². The fourth-order valence-electron chi connectivity index (χ4n) is 4.16. The third-order valence-electron chi connectivity index (χ3n) is 5.99. The Labute approximate surface area is 221 Å². The van der Waals surface area contributed by atoms with Crippen LogP contribution in [0.3, 0.4) is 0 Å². The van der Waals surface area contributed by atoms with Crippen molar-refractivity contribution < 1.29 is 39.1 Å². The Morgan fingerprint density at radius 1 is 1.03 bits per heavy atom. The fraction of sp³-hybridized carbons (Fsp3) is 0.308. The van der Waals surface area contributed by atoms with Crippen molar-refractivity contribution in [3.8, 4) is 11.5 Å². The predicted octanol–water partition coefficient (Wildman–Crippen LogP) is 2.19. The molecule has 0 spiro atoms. The molecule has 3 aromatic rings. The van der Waals surface area contributed by atoms with Gasteiger partial charge in [-0.3, -0.25) is 9.59 Å². The number of aliphatic hydroxyl groups is 3. The number of para-hydroxylation sites is 2. The number of ether oxygens (including phenoxy) is 3. The molecule has 2 amide bonds. The lowest BCUT2D eigenvalue weighted by Gasteiger charge is -2.42. The number of hydrogen-bond donors (Lipinski definition) is 5. The molecule has 1 aliphatic rings. The number of rotatable bonds is 7. The van der Waals surface area contributed by atoms with E-state index in [1.165, 1.54) is 14.0 Å². The Bertz CT molecular complexity index is 1300. The lowest BCUT2D eigenvalue weighted by Crippen LogP contribution is -2.65. The molecule has 0 saturated carbocycles. The third-order valence-corrected chi connectivity index (χ3v) is 6.49. The van der Waals surface area contributed by atoms with E-state index in [0.717, 1.165) is 15.2 Å². The van der Waals surface area contributed by atoms with Crippen LogP contribution in [0.25, 0.3) is 10.8 Å². The standard InChI is InChI=1S/C26H27BrN2O8/c1-13(31)28-22-24(33)23(32)21(12-30)37-26(22)36-20-11-14-7-8-16(27)9-15(14)10-17(20)25(34)29-18-5-3-4-6-19(18)35-2/h3-11,21-24,26,30,32-33H,12H2,1-2H3,(H,28,31)(H,29,34)/t21-,22-,23-,24-,26-/m1/s1. The minimum atomic E-state index is -1.50. The lowest BCUT2D eigenvalue weighted by atomic mass is 9.96. The number of aliphatic hydroxyl groups excluding tert-OH is 3. The van der Waals surface area contributed by atoms with E-state index in [2.05, 4.69) is 26.6 Å². The van der Waals surface area contributed by atoms with Gasteiger partial charge in [0, 0.05) is 11.4 Å². The van der Waals surface area contributed by atoms with Gasteiger partial charge in [-0.2, -0.15) is 0 Å². The first-order chi connectivity index (χ1) is 17.7. The van der Waals surface area contributed by atoms with Crippen LogP contribution in [0.15, 0.2) is 59.1 Å². The zero-order chi connectivity index (χ0) is 26.7. The van der Waals surface area contributed by atoms with Crippen LogP contribution in [-0.2, 0) is 9.53 Å². The Hall–Kier alpha value is -3.22. The van der Waals surface area contributed by atoms with Gasteiger partial charge in [-0.15, -0.1) is 0 Å². The van der Waals surface area contributed by atoms with Crippen LogP contribution in [0.1, 0.15) is 17.3 Å². The van der Waals surface area contributed by atoms with E-state index in [1.54, 1.807) is 36.4 Å². The molecule has 1 fully saturated rings. The summed E-state index contributed by atoms with van der Waals surface area (Å²) in [6, 6.07) is 14.5. The molecule has 0 unspecified atom stereocenters. The summed E-state index contributed by atoms with van der Waals surface area (Å²) in [6.45, 7) is 0.645. The molecular weight excluding hydrogens is 548 g/mol. The molecule has 1 saturated heterocycles. The third kappa shape index (κ3) is 5.86. The van der Waals surface area contributed by atoms with Crippen LogP contribution in [-0.4, -0.2) is 71.5 Å². The van der Waals surface area contributed by atoms with Gasteiger partial charge >= 0.3 is 0 Å². The van der Waals surface area contributed by atoms with Crippen molar-refractivity contribution in [3.05, 3.63) is 64.6 Å². The molecule has 0 aromatic heterocycles. The number of halogens is 1. The molecule has 3 aromatic carbocycles. The molecule has 5 atom stereocenters. The molecule has 11 heteroatoms. The van der Waals surface area contributed by atoms with E-state index in [1.807, 2.05) is 18.2 Å². The summed E-state index contributed by atoms with van der Waals surface area (Å²) in [6.07, 6.45) is -5.47. The normalized spacial score (nSPS) is 23.4. The maximum Gasteiger partial charge on any atom is 0.259 e. The fourth-order valence-corrected chi connectivity index (χ4v) is 4.54. The Kier molecular flexibility index (Phi) is 8.30. The van der Waals surface area contributed by atoms with E-state index < -0.39 is 49.1 Å². The van der Waals surface area contributed by atoms with Crippen LogP contribution in [0.2, 0.25) is 0 Å². The summed E-state index contributed by atoms with van der Waals surface area (Å²) < 4.78 is 17.9. The summed E-state index contributed by atoms with van der Waals surface area (Å²) in [7, 11) is 1.49. The van der Waals surface area contributed by atoms with Gasteiger partial charge in [0.1, 0.15) is 35.9 Å². The molecule has 4 rings (SSSR count). The summed E-state index contributed by atoms with van der Waals surface area (Å²) >= 11 is 3.44. The van der Waals surface area contributed by atoms with Crippen molar-refractivity contribution in [3.63, 3.8) is 0 Å². The second-order valence-corrected chi connectivity index (χ2v) is 9.46. The topological polar surface area (TPSA) is 147 Å². The Balaban J connectivity index is 1.75. The second kappa shape index (κ2) is 11.4. The molecule has 1 aliphatic heterocycles. The summed E-state index contributed by atoms with van der Waals surface area (Å²) in [5.41, 5.74) is 0.585. The highest BCUT2D eigenvalue weighted by atomic mass is 79.9. The van der Waals surface area contributed by atoms with Crippen molar-refractivity contribution in [1.82, 2.24) is 5.32 Å². The number of hydrogen-bond acceptors (Lipinski definition) is 8. The predicted molar refractivity (Wildman–Crippen MR) is 139 cm³/mol. The van der Waals surface area contributed by atoms with Crippen molar-refractivity contribution >= 4 is 44.2 Å². The van der Waals surface area contributed by atoms with Gasteiger partial charge in [0.25, 0.3) is 5.91 Å². The monoisotopic (exact) mass is 574 g/mol. The molecule has 37 heavy (non-hydrogen) atoms. The van der Waals surface area contributed by atoms with Crippen LogP contribution in [0.4, 0.5) is 5.69 Å². The van der Waals surface area contributed by atoms with Crippen molar-refractivity contribution in [2.45, 2.75) is 37.6 Å². The van der Waals surface area contributed by atoms with Crippen LogP contribution in [0.5, 0.6) is 11.5 Å². The first kappa shape index (κ1) is 26.8. The number of fused-ring (bicyclic) bond motifs is 1. The smallest absolute Gasteiger partial charge is 0.259 e. The number of anilines is 1. The number of amides is 2. The zero-order valence-electron chi connectivity index (χ0n) is 20.1. The minimum absolute atomic E-state index is 0.0999. The minimum Gasteiger partial charge on any atom is -0.495 e. The number of methoxy groups -OCH3 is 1. The van der Waals surface area contributed by atoms with Crippen molar-refractivity contribution in [2.75, 3.05) is 19.0 Å². The lowest BCUT2D eigenvalue weighted by molar-refractivity contribution is -0.244. The average Bonchev–Trinajstić information content (AvgIpc) is 2.88. The van der Waals surface area contributed by atoms with Gasteiger partial charge in [-0.05, 0) is 47.2 Å². The quantitative estimate of drug-likeness (QED) is 0.288. The highest BCUT2D eigenvalue weighted by Gasteiger charge is 2.46. The first-order valence-electron chi connectivity index (χ1n) is 11.5. The highest BCUT2D eigenvalue weighted by Crippen LogP contribution is 2.33.